The van der Waals surface area contributed by atoms with E-state index in [0.717, 1.165) is 35.0 Å². The third-order valence-corrected chi connectivity index (χ3v) is 6.15. The van der Waals surface area contributed by atoms with E-state index >= 15 is 0 Å². The maximum Gasteiger partial charge on any atom is 0.254 e. The van der Waals surface area contributed by atoms with Crippen LogP contribution in [0.4, 0.5) is 0 Å². The summed E-state index contributed by atoms with van der Waals surface area (Å²) < 4.78 is 1.86. The van der Waals surface area contributed by atoms with Crippen LogP contribution in [0.25, 0.3) is 22.3 Å². The number of carbonyl (C=O) groups excluding carboxylic acids is 1. The number of aromatic nitrogens is 3. The Morgan fingerprint density at radius 1 is 1.06 bits per heavy atom. The third-order valence-electron chi connectivity index (χ3n) is 6.15. The summed E-state index contributed by atoms with van der Waals surface area (Å²) in [6.07, 6.45) is 3.61. The molecule has 1 fully saturated rings. The van der Waals surface area contributed by atoms with E-state index in [-0.39, 0.29) is 18.4 Å². The van der Waals surface area contributed by atoms with Crippen molar-refractivity contribution in [1.82, 2.24) is 19.7 Å². The molecule has 0 saturated carbocycles. The number of benzene rings is 2. The van der Waals surface area contributed by atoms with Gasteiger partial charge in [-0.2, -0.15) is 5.10 Å². The summed E-state index contributed by atoms with van der Waals surface area (Å²) in [6.45, 7) is 1.98. The quantitative estimate of drug-likeness (QED) is 0.524. The van der Waals surface area contributed by atoms with Gasteiger partial charge in [-0.1, -0.05) is 60.7 Å². The van der Waals surface area contributed by atoms with Crippen LogP contribution in [0.3, 0.4) is 0 Å². The first-order valence-electron chi connectivity index (χ1n) is 11.1. The van der Waals surface area contributed by atoms with E-state index in [0.29, 0.717) is 30.8 Å². The van der Waals surface area contributed by atoms with Crippen LogP contribution in [0.1, 0.15) is 28.8 Å². The Bertz CT molecular complexity index is 1220. The number of aliphatic hydroxyl groups excluding tert-OH is 1. The molecule has 1 N–H and O–H groups in total. The van der Waals surface area contributed by atoms with Crippen LogP contribution >= 0.6 is 0 Å². The zero-order valence-corrected chi connectivity index (χ0v) is 17.9. The van der Waals surface area contributed by atoms with Gasteiger partial charge in [-0.15, -0.1) is 0 Å². The van der Waals surface area contributed by atoms with Crippen molar-refractivity contribution in [3.8, 4) is 11.3 Å². The van der Waals surface area contributed by atoms with Gasteiger partial charge in [0.25, 0.3) is 5.91 Å². The van der Waals surface area contributed by atoms with Gasteiger partial charge in [0.2, 0.25) is 0 Å². The smallest absolute Gasteiger partial charge is 0.254 e. The number of fused-ring (bicyclic) bond motifs is 1. The number of likely N-dealkylation sites (tertiary alicyclic amines) is 1. The second-order valence-corrected chi connectivity index (χ2v) is 8.39. The minimum atomic E-state index is -0.0213. The Balaban J connectivity index is 1.60. The standard InChI is InChI=1S/C26H26N4O2/c31-18-20-10-7-13-29(16-20)26(32)22-14-24(21-11-5-2-6-12-21)28-25-23(22)15-27-30(25)17-19-8-3-1-4-9-19/h1-6,8-9,11-12,14-15,20,31H,7,10,13,16-18H2. The highest BCUT2D eigenvalue weighted by Crippen LogP contribution is 2.28. The molecule has 1 saturated heterocycles. The molecule has 0 spiro atoms. The van der Waals surface area contributed by atoms with Gasteiger partial charge in [0, 0.05) is 25.3 Å². The summed E-state index contributed by atoms with van der Waals surface area (Å²) in [7, 11) is 0. The van der Waals surface area contributed by atoms with Crippen molar-refractivity contribution in [3.05, 3.63) is 84.1 Å². The van der Waals surface area contributed by atoms with Gasteiger partial charge in [0.1, 0.15) is 0 Å². The fraction of sp³-hybridized carbons (Fsp3) is 0.269. The first-order valence-corrected chi connectivity index (χ1v) is 11.1. The lowest BCUT2D eigenvalue weighted by Crippen LogP contribution is -2.41. The Kier molecular flexibility index (Phi) is 5.69. The summed E-state index contributed by atoms with van der Waals surface area (Å²) >= 11 is 0. The largest absolute Gasteiger partial charge is 0.396 e. The van der Waals surface area contributed by atoms with E-state index in [1.807, 2.05) is 64.2 Å². The van der Waals surface area contributed by atoms with E-state index in [1.165, 1.54) is 0 Å². The first kappa shape index (κ1) is 20.4. The zero-order valence-electron chi connectivity index (χ0n) is 17.9. The highest BCUT2D eigenvalue weighted by Gasteiger charge is 2.27. The Morgan fingerprint density at radius 2 is 1.81 bits per heavy atom. The zero-order chi connectivity index (χ0) is 21.9. The molecule has 2 aromatic heterocycles. The lowest BCUT2D eigenvalue weighted by Gasteiger charge is -2.32. The molecule has 5 rings (SSSR count). The molecule has 1 amide bonds. The summed E-state index contributed by atoms with van der Waals surface area (Å²) in [6, 6.07) is 21.9. The predicted octanol–water partition coefficient (Wildman–Crippen LogP) is 3.99. The highest BCUT2D eigenvalue weighted by atomic mass is 16.3. The van der Waals surface area contributed by atoms with Crippen LogP contribution < -0.4 is 0 Å². The van der Waals surface area contributed by atoms with Crippen LogP contribution in [0.2, 0.25) is 0 Å². The molecule has 32 heavy (non-hydrogen) atoms. The molecule has 6 heteroatoms. The molecule has 1 unspecified atom stereocenters. The van der Waals surface area contributed by atoms with Gasteiger partial charge < -0.3 is 10.0 Å². The SMILES string of the molecule is O=C(c1cc(-c2ccccc2)nc2c1cnn2Cc1ccccc1)N1CCCC(CO)C1. The molecule has 1 atom stereocenters. The average molecular weight is 427 g/mol. The summed E-state index contributed by atoms with van der Waals surface area (Å²) in [5.41, 5.74) is 4.16. The van der Waals surface area contributed by atoms with E-state index in [2.05, 4.69) is 17.2 Å². The molecule has 4 aromatic rings. The maximum absolute atomic E-state index is 13.6. The van der Waals surface area contributed by atoms with Crippen molar-refractivity contribution in [3.63, 3.8) is 0 Å². The molecular weight excluding hydrogens is 400 g/mol. The number of pyridine rings is 1. The number of aliphatic hydroxyl groups is 1. The van der Waals surface area contributed by atoms with Crippen molar-refractivity contribution < 1.29 is 9.90 Å². The van der Waals surface area contributed by atoms with E-state index in [1.54, 1.807) is 6.20 Å². The first-order chi connectivity index (χ1) is 15.7. The highest BCUT2D eigenvalue weighted by molar-refractivity contribution is 6.06. The topological polar surface area (TPSA) is 71.2 Å². The Labute approximate surface area is 187 Å². The molecule has 1 aliphatic rings. The van der Waals surface area contributed by atoms with Crippen LogP contribution in [0.15, 0.2) is 72.9 Å². The molecule has 0 radical (unpaired) electrons. The number of nitrogens with zero attached hydrogens (tertiary/aromatic N) is 4. The van der Waals surface area contributed by atoms with E-state index < -0.39 is 0 Å². The number of carbonyl (C=O) groups is 1. The third kappa shape index (κ3) is 4.01. The molecular formula is C26H26N4O2. The summed E-state index contributed by atoms with van der Waals surface area (Å²) in [5, 5.41) is 15.0. The predicted molar refractivity (Wildman–Crippen MR) is 124 cm³/mol. The van der Waals surface area contributed by atoms with Gasteiger partial charge in [0.15, 0.2) is 5.65 Å². The summed E-state index contributed by atoms with van der Waals surface area (Å²) in [4.78, 5) is 20.4. The number of hydrogen-bond acceptors (Lipinski definition) is 4. The molecule has 1 aliphatic heterocycles. The average Bonchev–Trinajstić information content (AvgIpc) is 3.26. The fourth-order valence-corrected chi connectivity index (χ4v) is 4.42. The second kappa shape index (κ2) is 8.93. The Morgan fingerprint density at radius 3 is 2.56 bits per heavy atom. The second-order valence-electron chi connectivity index (χ2n) is 8.39. The lowest BCUT2D eigenvalue weighted by atomic mass is 9.97. The normalized spacial score (nSPS) is 16.4. The molecule has 2 aromatic carbocycles. The van der Waals surface area contributed by atoms with Gasteiger partial charge in [-0.25, -0.2) is 9.67 Å². The fourth-order valence-electron chi connectivity index (χ4n) is 4.42. The minimum absolute atomic E-state index is 0.0213. The molecule has 3 heterocycles. The molecule has 162 valence electrons. The van der Waals surface area contributed by atoms with E-state index in [4.69, 9.17) is 4.98 Å². The molecule has 6 nitrogen and oxygen atoms in total. The van der Waals surface area contributed by atoms with Crippen LogP contribution in [-0.2, 0) is 6.54 Å². The number of piperidine rings is 1. The number of rotatable bonds is 5. The van der Waals surface area contributed by atoms with Crippen molar-refractivity contribution in [1.29, 1.82) is 0 Å². The van der Waals surface area contributed by atoms with Crippen LogP contribution in [0.5, 0.6) is 0 Å². The van der Waals surface area contributed by atoms with Crippen LogP contribution in [-0.4, -0.2) is 50.4 Å². The van der Waals surface area contributed by atoms with Crippen molar-refractivity contribution >= 4 is 16.9 Å². The monoisotopic (exact) mass is 426 g/mol. The minimum Gasteiger partial charge on any atom is -0.396 e. The van der Waals surface area contributed by atoms with Crippen molar-refractivity contribution in [2.45, 2.75) is 19.4 Å². The maximum atomic E-state index is 13.6. The molecule has 0 aliphatic carbocycles. The van der Waals surface area contributed by atoms with E-state index in [9.17, 15) is 9.90 Å². The lowest BCUT2D eigenvalue weighted by molar-refractivity contribution is 0.0622. The van der Waals surface area contributed by atoms with Gasteiger partial charge in [0.05, 0.1) is 29.4 Å². The van der Waals surface area contributed by atoms with Gasteiger partial charge in [-0.3, -0.25) is 4.79 Å². The van der Waals surface area contributed by atoms with Crippen molar-refractivity contribution in [2.24, 2.45) is 5.92 Å². The number of hydrogen-bond donors (Lipinski definition) is 1. The number of amides is 1. The molecule has 0 bridgehead atoms. The van der Waals surface area contributed by atoms with Crippen molar-refractivity contribution in [2.75, 3.05) is 19.7 Å². The summed E-state index contributed by atoms with van der Waals surface area (Å²) in [5.74, 6) is 0.117. The van der Waals surface area contributed by atoms with Crippen LogP contribution in [0, 0.1) is 5.92 Å². The van der Waals surface area contributed by atoms with Gasteiger partial charge in [-0.05, 0) is 30.4 Å². The van der Waals surface area contributed by atoms with Gasteiger partial charge >= 0.3 is 0 Å². The Hall–Kier alpha value is -3.51.